The second-order valence-corrected chi connectivity index (χ2v) is 3.34. The lowest BCUT2D eigenvalue weighted by molar-refractivity contribution is 0.452. The smallest absolute Gasteiger partial charge is 0.0129 e. The van der Waals surface area contributed by atoms with Crippen molar-refractivity contribution in [1.29, 1.82) is 0 Å². The Bertz CT molecular complexity index is 111. The lowest BCUT2D eigenvalue weighted by atomic mass is 9.96. The van der Waals surface area contributed by atoms with Crippen molar-refractivity contribution in [3.8, 4) is 0 Å². The second kappa shape index (κ2) is 1.98. The van der Waals surface area contributed by atoms with Crippen LogP contribution in [0, 0.1) is 11.8 Å². The molecule has 51 valence electrons. The molecule has 2 bridgehead atoms. The fourth-order valence-corrected chi connectivity index (χ4v) is 2.30. The van der Waals surface area contributed by atoms with E-state index in [1.807, 2.05) is 0 Å². The number of fused-ring (bicyclic) bond motifs is 2. The van der Waals surface area contributed by atoms with E-state index in [2.05, 4.69) is 12.4 Å². The van der Waals surface area contributed by atoms with Gasteiger partial charge in [-0.2, -0.15) is 0 Å². The molecule has 2 saturated carbocycles. The van der Waals surface area contributed by atoms with Gasteiger partial charge in [-0.3, -0.25) is 0 Å². The van der Waals surface area contributed by atoms with E-state index in [9.17, 15) is 0 Å². The summed E-state index contributed by atoms with van der Waals surface area (Å²) >= 11 is 0. The predicted molar refractivity (Wildman–Crippen MR) is 38.0 cm³/mol. The third kappa shape index (κ3) is 0.787. The molecule has 2 aliphatic rings. The van der Waals surface area contributed by atoms with Gasteiger partial charge in [-0.1, -0.05) is 0 Å². The van der Waals surface area contributed by atoms with Gasteiger partial charge in [-0.05, 0) is 44.6 Å². The van der Waals surface area contributed by atoms with E-state index in [1.165, 1.54) is 25.7 Å². The van der Waals surface area contributed by atoms with Crippen molar-refractivity contribution in [1.82, 2.24) is 5.32 Å². The van der Waals surface area contributed by atoms with Gasteiger partial charge < -0.3 is 5.32 Å². The standard InChI is InChI=1S/C8H14N/c1-9-8-5-6-2-3-7(8)4-6/h6,8-9H,2-5H2,1H3. The fourth-order valence-electron chi connectivity index (χ4n) is 2.30. The van der Waals surface area contributed by atoms with Crippen LogP contribution in [0.15, 0.2) is 0 Å². The van der Waals surface area contributed by atoms with E-state index in [4.69, 9.17) is 0 Å². The molecule has 2 atom stereocenters. The summed E-state index contributed by atoms with van der Waals surface area (Å²) in [5.74, 6) is 2.85. The molecule has 0 aromatic rings. The summed E-state index contributed by atoms with van der Waals surface area (Å²) in [5.41, 5.74) is 0. The Balaban J connectivity index is 2.01. The fraction of sp³-hybridized carbons (Fsp3) is 0.875. The number of hydrogen-bond donors (Lipinski definition) is 1. The molecule has 1 radical (unpaired) electrons. The molecule has 9 heavy (non-hydrogen) atoms. The lowest BCUT2D eigenvalue weighted by Gasteiger charge is -2.19. The van der Waals surface area contributed by atoms with Crippen LogP contribution in [0.4, 0.5) is 0 Å². The van der Waals surface area contributed by atoms with Gasteiger partial charge in [0, 0.05) is 6.04 Å². The Morgan fingerprint density at radius 3 is 2.78 bits per heavy atom. The first-order valence-corrected chi connectivity index (χ1v) is 3.92. The molecule has 2 rings (SSSR count). The van der Waals surface area contributed by atoms with Crippen LogP contribution in [-0.4, -0.2) is 13.1 Å². The molecule has 2 unspecified atom stereocenters. The Hall–Kier alpha value is -0.0400. The van der Waals surface area contributed by atoms with Gasteiger partial charge in [0.05, 0.1) is 0 Å². The molecule has 0 amide bonds. The Morgan fingerprint density at radius 2 is 2.44 bits per heavy atom. The van der Waals surface area contributed by atoms with Crippen molar-refractivity contribution in [3.05, 3.63) is 5.92 Å². The zero-order valence-electron chi connectivity index (χ0n) is 5.98. The Labute approximate surface area is 56.8 Å². The minimum atomic E-state index is 0.795. The summed E-state index contributed by atoms with van der Waals surface area (Å²) in [5, 5.41) is 3.36. The van der Waals surface area contributed by atoms with Crippen LogP contribution >= 0.6 is 0 Å². The molecular weight excluding hydrogens is 110 g/mol. The molecule has 2 fully saturated rings. The van der Waals surface area contributed by atoms with Crippen LogP contribution in [0.1, 0.15) is 25.7 Å². The number of hydrogen-bond acceptors (Lipinski definition) is 1. The summed E-state index contributed by atoms with van der Waals surface area (Å²) in [6, 6.07) is 0.795. The molecule has 2 aliphatic carbocycles. The van der Waals surface area contributed by atoms with Crippen molar-refractivity contribution < 1.29 is 0 Å². The van der Waals surface area contributed by atoms with Gasteiger partial charge in [-0.15, -0.1) is 0 Å². The van der Waals surface area contributed by atoms with Crippen LogP contribution < -0.4 is 5.32 Å². The van der Waals surface area contributed by atoms with Crippen molar-refractivity contribution >= 4 is 0 Å². The van der Waals surface area contributed by atoms with Crippen molar-refractivity contribution in [2.45, 2.75) is 31.7 Å². The first-order valence-electron chi connectivity index (χ1n) is 3.92. The van der Waals surface area contributed by atoms with Crippen LogP contribution in [-0.2, 0) is 0 Å². The molecule has 0 aromatic carbocycles. The van der Waals surface area contributed by atoms with E-state index in [-0.39, 0.29) is 0 Å². The largest absolute Gasteiger partial charge is 0.316 e. The topological polar surface area (TPSA) is 12.0 Å². The van der Waals surface area contributed by atoms with E-state index in [0.29, 0.717) is 0 Å². The Kier molecular flexibility index (Phi) is 1.26. The maximum Gasteiger partial charge on any atom is 0.0129 e. The zero-order valence-corrected chi connectivity index (χ0v) is 5.98. The average molecular weight is 124 g/mol. The normalized spacial score (nSPS) is 42.3. The maximum atomic E-state index is 3.36. The van der Waals surface area contributed by atoms with E-state index in [1.54, 1.807) is 5.92 Å². The van der Waals surface area contributed by atoms with Gasteiger partial charge in [-0.25, -0.2) is 0 Å². The zero-order chi connectivity index (χ0) is 6.27. The van der Waals surface area contributed by atoms with Crippen molar-refractivity contribution in [2.75, 3.05) is 7.05 Å². The molecule has 1 nitrogen and oxygen atoms in total. The lowest BCUT2D eigenvalue weighted by Crippen LogP contribution is -2.29. The number of nitrogens with one attached hydrogen (secondary N) is 1. The van der Waals surface area contributed by atoms with Gasteiger partial charge >= 0.3 is 0 Å². The quantitative estimate of drug-likeness (QED) is 0.556. The minimum absolute atomic E-state index is 0.795. The molecule has 0 heterocycles. The maximum absolute atomic E-state index is 3.36. The summed E-state index contributed by atoms with van der Waals surface area (Å²) in [4.78, 5) is 0. The second-order valence-electron chi connectivity index (χ2n) is 3.34. The molecule has 1 N–H and O–H groups in total. The molecule has 0 aliphatic heterocycles. The Morgan fingerprint density at radius 1 is 1.56 bits per heavy atom. The average Bonchev–Trinajstić information content (AvgIpc) is 2.45. The van der Waals surface area contributed by atoms with E-state index < -0.39 is 0 Å². The monoisotopic (exact) mass is 124 g/mol. The van der Waals surface area contributed by atoms with Crippen LogP contribution in [0.3, 0.4) is 0 Å². The third-order valence-corrected chi connectivity index (χ3v) is 2.83. The predicted octanol–water partition coefficient (Wildman–Crippen LogP) is 1.35. The van der Waals surface area contributed by atoms with Gasteiger partial charge in [0.25, 0.3) is 0 Å². The SMILES string of the molecule is CNC1CC2CC[C]1C2. The van der Waals surface area contributed by atoms with Crippen LogP contribution in [0.5, 0.6) is 0 Å². The highest BCUT2D eigenvalue weighted by Gasteiger charge is 2.38. The van der Waals surface area contributed by atoms with E-state index in [0.717, 1.165) is 12.0 Å². The summed E-state index contributed by atoms with van der Waals surface area (Å²) in [7, 11) is 2.08. The third-order valence-electron chi connectivity index (χ3n) is 2.83. The molecule has 1 heteroatoms. The van der Waals surface area contributed by atoms with Gasteiger partial charge in [0.15, 0.2) is 0 Å². The van der Waals surface area contributed by atoms with Gasteiger partial charge in [0.2, 0.25) is 0 Å². The molecule has 0 spiro atoms. The van der Waals surface area contributed by atoms with Crippen LogP contribution in [0.2, 0.25) is 0 Å². The number of rotatable bonds is 1. The van der Waals surface area contributed by atoms with Crippen LogP contribution in [0.25, 0.3) is 0 Å². The first kappa shape index (κ1) is 5.72. The molecular formula is C8H14N. The molecule has 0 aromatic heterocycles. The van der Waals surface area contributed by atoms with Gasteiger partial charge in [0.1, 0.15) is 0 Å². The summed E-state index contributed by atoms with van der Waals surface area (Å²) in [6.07, 6.45) is 5.75. The summed E-state index contributed by atoms with van der Waals surface area (Å²) < 4.78 is 0. The van der Waals surface area contributed by atoms with Crippen molar-refractivity contribution in [2.24, 2.45) is 5.92 Å². The highest BCUT2D eigenvalue weighted by molar-refractivity contribution is 5.13. The van der Waals surface area contributed by atoms with Crippen molar-refractivity contribution in [3.63, 3.8) is 0 Å². The summed E-state index contributed by atoms with van der Waals surface area (Å²) in [6.45, 7) is 0. The highest BCUT2D eigenvalue weighted by Crippen LogP contribution is 2.45. The highest BCUT2D eigenvalue weighted by atomic mass is 14.9. The van der Waals surface area contributed by atoms with E-state index >= 15 is 0 Å². The minimum Gasteiger partial charge on any atom is -0.316 e. The molecule has 0 saturated heterocycles. The first-order chi connectivity index (χ1) is 4.40.